The number of halogens is 2. The Hall–Kier alpha value is -1.66. The Bertz CT molecular complexity index is 618. The summed E-state index contributed by atoms with van der Waals surface area (Å²) in [5.74, 6) is -0.524. The van der Waals surface area contributed by atoms with E-state index in [2.05, 4.69) is 5.32 Å². The highest BCUT2D eigenvalue weighted by Crippen LogP contribution is 2.31. The standard InChI is InChI=1S/C12H10ClFN2O2S/c1-7(8-4-12(13)19-6-8)15-10-5-9(14)2-3-11(10)16(17)18/h2-7,15H,1H3. The third-order valence-electron chi connectivity index (χ3n) is 2.62. The summed E-state index contributed by atoms with van der Waals surface area (Å²) in [4.78, 5) is 10.3. The van der Waals surface area contributed by atoms with Gasteiger partial charge in [-0.15, -0.1) is 11.3 Å². The van der Waals surface area contributed by atoms with Crippen molar-refractivity contribution < 1.29 is 9.31 Å². The summed E-state index contributed by atoms with van der Waals surface area (Å²) >= 11 is 7.21. The van der Waals surface area contributed by atoms with E-state index in [9.17, 15) is 14.5 Å². The lowest BCUT2D eigenvalue weighted by molar-refractivity contribution is -0.384. The van der Waals surface area contributed by atoms with Crippen molar-refractivity contribution in [3.8, 4) is 0 Å². The number of thiophene rings is 1. The maximum Gasteiger partial charge on any atom is 0.292 e. The molecule has 1 N–H and O–H groups in total. The minimum atomic E-state index is -0.547. The molecule has 0 saturated heterocycles. The molecule has 1 aromatic heterocycles. The Kier molecular flexibility index (Phi) is 4.01. The maximum atomic E-state index is 13.2. The molecule has 19 heavy (non-hydrogen) atoms. The highest BCUT2D eigenvalue weighted by Gasteiger charge is 2.17. The fraction of sp³-hybridized carbons (Fsp3) is 0.167. The van der Waals surface area contributed by atoms with Gasteiger partial charge in [0, 0.05) is 18.2 Å². The molecular weight excluding hydrogens is 291 g/mol. The molecule has 100 valence electrons. The number of rotatable bonds is 4. The van der Waals surface area contributed by atoms with Gasteiger partial charge in [0.1, 0.15) is 11.5 Å². The molecule has 0 bridgehead atoms. The molecular formula is C12H10ClFN2O2S. The lowest BCUT2D eigenvalue weighted by Gasteiger charge is -2.14. The van der Waals surface area contributed by atoms with Crippen LogP contribution in [0.25, 0.3) is 0 Å². The van der Waals surface area contributed by atoms with Gasteiger partial charge in [0.2, 0.25) is 0 Å². The predicted molar refractivity (Wildman–Crippen MR) is 74.4 cm³/mol. The topological polar surface area (TPSA) is 55.2 Å². The van der Waals surface area contributed by atoms with Crippen LogP contribution < -0.4 is 5.32 Å². The van der Waals surface area contributed by atoms with Crippen LogP contribution >= 0.6 is 22.9 Å². The van der Waals surface area contributed by atoms with Gasteiger partial charge in [-0.1, -0.05) is 11.6 Å². The quantitative estimate of drug-likeness (QED) is 0.662. The molecule has 0 saturated carbocycles. The van der Waals surface area contributed by atoms with Crippen LogP contribution in [0.5, 0.6) is 0 Å². The molecule has 1 aromatic carbocycles. The van der Waals surface area contributed by atoms with Gasteiger partial charge in [0.05, 0.1) is 9.26 Å². The Morgan fingerprint density at radius 3 is 2.79 bits per heavy atom. The number of benzene rings is 1. The average Bonchev–Trinajstić information content (AvgIpc) is 2.75. The minimum absolute atomic E-state index is 0.153. The summed E-state index contributed by atoms with van der Waals surface area (Å²) in [6.45, 7) is 1.83. The number of hydrogen-bond donors (Lipinski definition) is 1. The molecule has 0 radical (unpaired) electrons. The Morgan fingerprint density at radius 1 is 1.47 bits per heavy atom. The molecule has 1 unspecified atom stereocenters. The van der Waals surface area contributed by atoms with Gasteiger partial charge in [0.25, 0.3) is 5.69 Å². The minimum Gasteiger partial charge on any atom is -0.373 e. The van der Waals surface area contributed by atoms with Crippen LogP contribution in [-0.4, -0.2) is 4.92 Å². The molecule has 0 spiro atoms. The van der Waals surface area contributed by atoms with E-state index in [0.717, 1.165) is 23.8 Å². The van der Waals surface area contributed by atoms with Crippen LogP contribution in [0.3, 0.4) is 0 Å². The van der Waals surface area contributed by atoms with Gasteiger partial charge in [-0.2, -0.15) is 0 Å². The molecule has 0 aliphatic heterocycles. The zero-order valence-corrected chi connectivity index (χ0v) is 11.5. The summed E-state index contributed by atoms with van der Waals surface area (Å²) in [5, 5.41) is 15.7. The number of nitrogens with zero attached hydrogens (tertiary/aromatic N) is 1. The van der Waals surface area contributed by atoms with Gasteiger partial charge in [-0.25, -0.2) is 4.39 Å². The first-order valence-corrected chi connectivity index (χ1v) is 6.67. The molecule has 0 amide bonds. The largest absolute Gasteiger partial charge is 0.373 e. The van der Waals surface area contributed by atoms with Gasteiger partial charge in [-0.05, 0) is 30.0 Å². The van der Waals surface area contributed by atoms with Gasteiger partial charge in [0.15, 0.2) is 0 Å². The summed E-state index contributed by atoms with van der Waals surface area (Å²) in [5.41, 5.74) is 0.892. The molecule has 2 rings (SSSR count). The first-order chi connectivity index (χ1) is 8.97. The lowest BCUT2D eigenvalue weighted by Crippen LogP contribution is -2.07. The Morgan fingerprint density at radius 2 is 2.21 bits per heavy atom. The van der Waals surface area contributed by atoms with Crippen molar-refractivity contribution in [3.63, 3.8) is 0 Å². The van der Waals surface area contributed by atoms with Crippen LogP contribution in [0, 0.1) is 15.9 Å². The van der Waals surface area contributed by atoms with Crippen molar-refractivity contribution in [2.45, 2.75) is 13.0 Å². The lowest BCUT2D eigenvalue weighted by atomic mass is 10.1. The van der Waals surface area contributed by atoms with Crippen LogP contribution in [0.15, 0.2) is 29.6 Å². The zero-order chi connectivity index (χ0) is 14.0. The van der Waals surface area contributed by atoms with Crippen molar-refractivity contribution in [3.05, 3.63) is 55.5 Å². The fourth-order valence-corrected chi connectivity index (χ4v) is 2.63. The number of nitrogens with one attached hydrogen (secondary N) is 1. The molecule has 1 heterocycles. The average molecular weight is 301 g/mol. The highest BCUT2D eigenvalue weighted by molar-refractivity contribution is 7.14. The molecule has 7 heteroatoms. The van der Waals surface area contributed by atoms with Crippen LogP contribution in [-0.2, 0) is 0 Å². The van der Waals surface area contributed by atoms with Gasteiger partial charge >= 0.3 is 0 Å². The first-order valence-electron chi connectivity index (χ1n) is 5.42. The zero-order valence-electron chi connectivity index (χ0n) is 9.89. The normalized spacial score (nSPS) is 12.2. The number of nitro benzene ring substituents is 1. The molecule has 1 atom stereocenters. The van der Waals surface area contributed by atoms with Crippen LogP contribution in [0.4, 0.5) is 15.8 Å². The van der Waals surface area contributed by atoms with Crippen molar-refractivity contribution in [2.24, 2.45) is 0 Å². The van der Waals surface area contributed by atoms with Crippen molar-refractivity contribution in [1.29, 1.82) is 0 Å². The number of nitro groups is 1. The third kappa shape index (κ3) is 3.21. The van der Waals surface area contributed by atoms with Crippen molar-refractivity contribution in [2.75, 3.05) is 5.32 Å². The second-order valence-electron chi connectivity index (χ2n) is 3.97. The van der Waals surface area contributed by atoms with E-state index in [1.165, 1.54) is 11.3 Å². The van der Waals surface area contributed by atoms with E-state index in [0.29, 0.717) is 4.34 Å². The van der Waals surface area contributed by atoms with E-state index < -0.39 is 10.7 Å². The monoisotopic (exact) mass is 300 g/mol. The summed E-state index contributed by atoms with van der Waals surface area (Å²) in [6, 6.07) is 4.89. The van der Waals surface area contributed by atoms with E-state index in [-0.39, 0.29) is 17.4 Å². The molecule has 2 aromatic rings. The molecule has 4 nitrogen and oxygen atoms in total. The second kappa shape index (κ2) is 5.54. The summed E-state index contributed by atoms with van der Waals surface area (Å²) in [6.07, 6.45) is 0. The smallest absolute Gasteiger partial charge is 0.292 e. The van der Waals surface area contributed by atoms with Gasteiger partial charge in [-0.3, -0.25) is 10.1 Å². The van der Waals surface area contributed by atoms with Crippen LogP contribution in [0.2, 0.25) is 4.34 Å². The SMILES string of the molecule is CC(Nc1cc(F)ccc1[N+](=O)[O-])c1csc(Cl)c1. The van der Waals surface area contributed by atoms with E-state index in [4.69, 9.17) is 11.6 Å². The third-order valence-corrected chi connectivity index (χ3v) is 3.72. The number of anilines is 1. The van der Waals surface area contributed by atoms with Crippen molar-refractivity contribution in [1.82, 2.24) is 0 Å². The second-order valence-corrected chi connectivity index (χ2v) is 5.51. The van der Waals surface area contributed by atoms with Gasteiger partial charge < -0.3 is 5.32 Å². The highest BCUT2D eigenvalue weighted by atomic mass is 35.5. The molecule has 0 aliphatic carbocycles. The van der Waals surface area contributed by atoms with Crippen LogP contribution in [0.1, 0.15) is 18.5 Å². The molecule has 0 fully saturated rings. The van der Waals surface area contributed by atoms with E-state index in [1.807, 2.05) is 12.3 Å². The summed E-state index contributed by atoms with van der Waals surface area (Å²) in [7, 11) is 0. The number of hydrogen-bond acceptors (Lipinski definition) is 4. The first kappa shape index (κ1) is 13.8. The Balaban J connectivity index is 2.27. The van der Waals surface area contributed by atoms with E-state index in [1.54, 1.807) is 6.07 Å². The predicted octanol–water partition coefficient (Wildman–Crippen LogP) is 4.62. The fourth-order valence-electron chi connectivity index (χ4n) is 1.65. The van der Waals surface area contributed by atoms with Crippen molar-refractivity contribution >= 4 is 34.3 Å². The Labute approximate surface area is 118 Å². The summed E-state index contributed by atoms with van der Waals surface area (Å²) < 4.78 is 13.8. The van der Waals surface area contributed by atoms with E-state index >= 15 is 0 Å². The molecule has 0 aliphatic rings. The maximum absolute atomic E-state index is 13.2.